The maximum Gasteiger partial charge on any atom is 0.130 e. The Hall–Kier alpha value is -0.890. The molecule has 1 nitrogen and oxygen atoms in total. The molecule has 1 aliphatic rings. The largest absolute Gasteiger partial charge is 0.328 e. The van der Waals surface area contributed by atoms with E-state index in [-0.39, 0.29) is 12.5 Å². The van der Waals surface area contributed by atoms with E-state index < -0.39 is 5.67 Å². The normalized spacial score (nSPS) is 20.4. The highest BCUT2D eigenvalue weighted by Crippen LogP contribution is 2.43. The van der Waals surface area contributed by atoms with Gasteiger partial charge in [0.2, 0.25) is 0 Å². The first-order chi connectivity index (χ1) is 6.74. The molecule has 1 aromatic carbocycles. The zero-order valence-corrected chi connectivity index (χ0v) is 8.25. The molecule has 76 valence electrons. The number of hydrogen-bond donors (Lipinski definition) is 1. The van der Waals surface area contributed by atoms with Gasteiger partial charge in [-0.05, 0) is 24.3 Å². The van der Waals surface area contributed by atoms with Gasteiger partial charge in [-0.3, -0.25) is 0 Å². The van der Waals surface area contributed by atoms with Crippen molar-refractivity contribution in [1.29, 1.82) is 0 Å². The molecule has 1 aliphatic carbocycles. The Morgan fingerprint density at radius 3 is 2.43 bits per heavy atom. The van der Waals surface area contributed by atoms with Crippen molar-refractivity contribution < 1.29 is 4.39 Å². The Labute approximate surface area is 84.1 Å². The molecule has 1 atom stereocenters. The summed E-state index contributed by atoms with van der Waals surface area (Å²) in [7, 11) is 0. The molecule has 0 radical (unpaired) electrons. The van der Waals surface area contributed by atoms with E-state index in [0.717, 1.165) is 18.4 Å². The summed E-state index contributed by atoms with van der Waals surface area (Å²) in [6.45, 7) is 0.145. The number of alkyl halides is 1. The van der Waals surface area contributed by atoms with Crippen LogP contribution in [0.1, 0.15) is 18.4 Å². The summed E-state index contributed by atoms with van der Waals surface area (Å²) in [6.07, 6.45) is 2.47. The first-order valence-electron chi connectivity index (χ1n) is 5.17. The van der Waals surface area contributed by atoms with E-state index in [1.165, 1.54) is 0 Å². The fraction of sp³-hybridized carbons (Fsp3) is 0.500. The molecule has 2 rings (SSSR count). The summed E-state index contributed by atoms with van der Waals surface area (Å²) in [6, 6.07) is 9.76. The predicted molar refractivity (Wildman–Crippen MR) is 55.8 cm³/mol. The van der Waals surface area contributed by atoms with Crippen molar-refractivity contribution in [3.8, 4) is 0 Å². The van der Waals surface area contributed by atoms with Gasteiger partial charge in [-0.15, -0.1) is 0 Å². The van der Waals surface area contributed by atoms with Gasteiger partial charge in [0, 0.05) is 13.0 Å². The van der Waals surface area contributed by atoms with Crippen LogP contribution in [0.3, 0.4) is 0 Å². The quantitative estimate of drug-likeness (QED) is 0.780. The maximum absolute atomic E-state index is 14.3. The second-order valence-electron chi connectivity index (χ2n) is 4.18. The molecular formula is C12H16FN. The zero-order valence-electron chi connectivity index (χ0n) is 8.25. The van der Waals surface area contributed by atoms with Crippen molar-refractivity contribution in [3.63, 3.8) is 0 Å². The molecule has 0 amide bonds. The summed E-state index contributed by atoms with van der Waals surface area (Å²) < 4.78 is 14.3. The second kappa shape index (κ2) is 3.70. The van der Waals surface area contributed by atoms with Crippen LogP contribution in [0.4, 0.5) is 4.39 Å². The lowest BCUT2D eigenvalue weighted by Gasteiger charge is -2.23. The van der Waals surface area contributed by atoms with E-state index >= 15 is 0 Å². The molecule has 0 aromatic heterocycles. The van der Waals surface area contributed by atoms with Crippen LogP contribution >= 0.6 is 0 Å². The van der Waals surface area contributed by atoms with Crippen LogP contribution in [0, 0.1) is 5.92 Å². The Morgan fingerprint density at radius 2 is 1.93 bits per heavy atom. The molecular weight excluding hydrogens is 177 g/mol. The zero-order chi connectivity index (χ0) is 10.0. The predicted octanol–water partition coefficient (Wildman–Crippen LogP) is 2.31. The average Bonchev–Trinajstić information content (AvgIpc) is 3.03. The van der Waals surface area contributed by atoms with Gasteiger partial charge in [0.25, 0.3) is 0 Å². The number of benzene rings is 1. The van der Waals surface area contributed by atoms with E-state index in [1.54, 1.807) is 0 Å². The molecule has 14 heavy (non-hydrogen) atoms. The van der Waals surface area contributed by atoms with Gasteiger partial charge in [-0.2, -0.15) is 0 Å². The third-order valence-corrected chi connectivity index (χ3v) is 2.99. The van der Waals surface area contributed by atoms with Gasteiger partial charge >= 0.3 is 0 Å². The molecule has 1 fully saturated rings. The summed E-state index contributed by atoms with van der Waals surface area (Å²) in [5, 5.41) is 0. The molecule has 0 aliphatic heterocycles. The van der Waals surface area contributed by atoms with E-state index in [0.29, 0.717) is 6.42 Å². The number of nitrogens with two attached hydrogens (primary N) is 1. The van der Waals surface area contributed by atoms with Gasteiger partial charge in [-0.1, -0.05) is 30.3 Å². The minimum Gasteiger partial charge on any atom is -0.328 e. The van der Waals surface area contributed by atoms with Crippen molar-refractivity contribution in [2.24, 2.45) is 11.7 Å². The molecule has 2 heteroatoms. The molecule has 1 unspecified atom stereocenters. The molecule has 0 heterocycles. The summed E-state index contributed by atoms with van der Waals surface area (Å²) in [5.41, 5.74) is 5.40. The van der Waals surface area contributed by atoms with Gasteiger partial charge in [0.05, 0.1) is 0 Å². The molecule has 1 saturated carbocycles. The first-order valence-corrected chi connectivity index (χ1v) is 5.17. The van der Waals surface area contributed by atoms with Crippen molar-refractivity contribution in [3.05, 3.63) is 35.9 Å². The minimum atomic E-state index is -1.17. The Kier molecular flexibility index (Phi) is 2.55. The first kappa shape index (κ1) is 9.66. The fourth-order valence-electron chi connectivity index (χ4n) is 1.92. The molecule has 0 bridgehead atoms. The van der Waals surface area contributed by atoms with Gasteiger partial charge in [-0.25, -0.2) is 4.39 Å². The van der Waals surface area contributed by atoms with Crippen LogP contribution < -0.4 is 5.73 Å². The Morgan fingerprint density at radius 1 is 1.29 bits per heavy atom. The third-order valence-electron chi connectivity index (χ3n) is 2.99. The maximum atomic E-state index is 14.3. The lowest BCUT2D eigenvalue weighted by atomic mass is 9.92. The van der Waals surface area contributed by atoms with Crippen LogP contribution in [0.25, 0.3) is 0 Å². The third kappa shape index (κ3) is 1.95. The van der Waals surface area contributed by atoms with Crippen LogP contribution in [0.5, 0.6) is 0 Å². The second-order valence-corrected chi connectivity index (χ2v) is 4.18. The topological polar surface area (TPSA) is 26.0 Å². The molecule has 0 spiro atoms. The highest BCUT2D eigenvalue weighted by Gasteiger charge is 2.44. The van der Waals surface area contributed by atoms with Gasteiger partial charge in [0.15, 0.2) is 0 Å². The van der Waals surface area contributed by atoms with E-state index in [1.807, 2.05) is 30.3 Å². The average molecular weight is 193 g/mol. The van der Waals surface area contributed by atoms with Crippen molar-refractivity contribution in [2.45, 2.75) is 24.9 Å². The van der Waals surface area contributed by atoms with Crippen LogP contribution in [0.2, 0.25) is 0 Å². The lowest BCUT2D eigenvalue weighted by Crippen LogP contribution is -2.37. The number of halogens is 1. The van der Waals surface area contributed by atoms with Crippen LogP contribution in [-0.4, -0.2) is 12.2 Å². The monoisotopic (exact) mass is 193 g/mol. The summed E-state index contributed by atoms with van der Waals surface area (Å²) >= 11 is 0. The lowest BCUT2D eigenvalue weighted by molar-refractivity contribution is 0.142. The smallest absolute Gasteiger partial charge is 0.130 e. The van der Waals surface area contributed by atoms with Gasteiger partial charge < -0.3 is 5.73 Å². The van der Waals surface area contributed by atoms with Crippen molar-refractivity contribution in [1.82, 2.24) is 0 Å². The van der Waals surface area contributed by atoms with E-state index in [9.17, 15) is 4.39 Å². The summed E-state index contributed by atoms with van der Waals surface area (Å²) in [4.78, 5) is 0. The van der Waals surface area contributed by atoms with Crippen molar-refractivity contribution in [2.75, 3.05) is 6.54 Å². The summed E-state index contributed by atoms with van der Waals surface area (Å²) in [5.74, 6) is 0.202. The van der Waals surface area contributed by atoms with Crippen molar-refractivity contribution >= 4 is 0 Å². The van der Waals surface area contributed by atoms with Crippen LogP contribution in [0.15, 0.2) is 30.3 Å². The number of hydrogen-bond acceptors (Lipinski definition) is 1. The minimum absolute atomic E-state index is 0.145. The number of rotatable bonds is 4. The Balaban J connectivity index is 2.08. The molecule has 1 aromatic rings. The molecule has 0 saturated heterocycles. The molecule has 2 N–H and O–H groups in total. The fourth-order valence-corrected chi connectivity index (χ4v) is 1.92. The van der Waals surface area contributed by atoms with E-state index in [4.69, 9.17) is 5.73 Å². The Bertz CT molecular complexity index is 294. The van der Waals surface area contributed by atoms with Crippen LogP contribution in [-0.2, 0) is 6.42 Å². The van der Waals surface area contributed by atoms with Gasteiger partial charge in [0.1, 0.15) is 5.67 Å². The van der Waals surface area contributed by atoms with E-state index in [2.05, 4.69) is 0 Å². The SMILES string of the molecule is NCC(F)(Cc1ccccc1)C1CC1. The standard InChI is InChI=1S/C12H16FN/c13-12(9-14,11-6-7-11)8-10-4-2-1-3-5-10/h1-5,11H,6-9,14H2. The highest BCUT2D eigenvalue weighted by molar-refractivity contribution is 5.18. The highest BCUT2D eigenvalue weighted by atomic mass is 19.1.